The highest BCUT2D eigenvalue weighted by molar-refractivity contribution is 6.36. The van der Waals surface area contributed by atoms with Gasteiger partial charge in [0.05, 0.1) is 12.7 Å². The molecule has 0 fully saturated rings. The number of aliphatic hydroxyl groups excluding tert-OH is 2. The molecule has 0 aliphatic heterocycles. The van der Waals surface area contributed by atoms with Gasteiger partial charge in [0.2, 0.25) is 0 Å². The van der Waals surface area contributed by atoms with Crippen molar-refractivity contribution in [3.8, 4) is 0 Å². The van der Waals surface area contributed by atoms with Crippen LogP contribution in [0.1, 0.15) is 0 Å². The van der Waals surface area contributed by atoms with E-state index in [0.717, 1.165) is 0 Å². The molecular formula is C6H11Cl2NO2. The van der Waals surface area contributed by atoms with Gasteiger partial charge in [-0.15, -0.1) is 0 Å². The van der Waals surface area contributed by atoms with Gasteiger partial charge in [-0.1, -0.05) is 23.2 Å². The van der Waals surface area contributed by atoms with Crippen LogP contribution in [0.5, 0.6) is 0 Å². The van der Waals surface area contributed by atoms with Crippen LogP contribution in [-0.4, -0.2) is 36.0 Å². The van der Waals surface area contributed by atoms with Gasteiger partial charge in [-0.2, -0.15) is 0 Å². The van der Waals surface area contributed by atoms with Gasteiger partial charge in [-0.25, -0.2) is 0 Å². The maximum atomic E-state index is 8.84. The van der Waals surface area contributed by atoms with Crippen molar-refractivity contribution < 1.29 is 10.2 Å². The molecule has 0 aliphatic carbocycles. The topological polar surface area (TPSA) is 52.5 Å². The van der Waals surface area contributed by atoms with Crippen LogP contribution < -0.4 is 5.32 Å². The zero-order valence-electron chi connectivity index (χ0n) is 5.93. The number of hydrogen-bond donors (Lipinski definition) is 3. The molecule has 0 spiro atoms. The monoisotopic (exact) mass is 199 g/mol. The van der Waals surface area contributed by atoms with Crippen LogP contribution >= 0.6 is 23.2 Å². The van der Waals surface area contributed by atoms with Crippen LogP contribution in [0.4, 0.5) is 0 Å². The van der Waals surface area contributed by atoms with Gasteiger partial charge in [0, 0.05) is 23.7 Å². The Kier molecular flexibility index (Phi) is 7.01. The summed E-state index contributed by atoms with van der Waals surface area (Å²) in [6, 6.07) is 0. The summed E-state index contributed by atoms with van der Waals surface area (Å²) in [7, 11) is 0. The zero-order valence-corrected chi connectivity index (χ0v) is 7.44. The van der Waals surface area contributed by atoms with E-state index in [4.69, 9.17) is 33.4 Å². The summed E-state index contributed by atoms with van der Waals surface area (Å²) in [6.07, 6.45) is -0.741. The summed E-state index contributed by atoms with van der Waals surface area (Å²) >= 11 is 10.8. The molecular weight excluding hydrogens is 189 g/mol. The summed E-state index contributed by atoms with van der Waals surface area (Å²) in [5.74, 6) is 0. The average molecular weight is 200 g/mol. The molecule has 1 unspecified atom stereocenters. The normalized spacial score (nSPS) is 15.1. The van der Waals surface area contributed by atoms with Gasteiger partial charge in [0.1, 0.15) is 0 Å². The third kappa shape index (κ3) is 6.59. The molecule has 0 amide bonds. The predicted octanol–water partition coefficient (Wildman–Crippen LogP) is 0.248. The molecule has 0 saturated heterocycles. The molecule has 0 aromatic rings. The SMILES string of the molecule is OCC(O)CNCC(Cl)=CCl. The van der Waals surface area contributed by atoms with Crippen molar-refractivity contribution in [3.63, 3.8) is 0 Å². The number of aliphatic hydroxyl groups is 2. The first-order valence-electron chi connectivity index (χ1n) is 3.15. The van der Waals surface area contributed by atoms with Gasteiger partial charge in [0.15, 0.2) is 0 Å². The van der Waals surface area contributed by atoms with E-state index >= 15 is 0 Å². The molecule has 1 atom stereocenters. The lowest BCUT2D eigenvalue weighted by Gasteiger charge is -2.07. The lowest BCUT2D eigenvalue weighted by molar-refractivity contribution is 0.0953. The first-order chi connectivity index (χ1) is 5.20. The molecule has 0 rings (SSSR count). The van der Waals surface area contributed by atoms with Gasteiger partial charge in [-0.05, 0) is 0 Å². The Bertz CT molecular complexity index is 130. The number of hydrogen-bond acceptors (Lipinski definition) is 3. The largest absolute Gasteiger partial charge is 0.394 e. The number of nitrogens with one attached hydrogen (secondary N) is 1. The molecule has 0 aromatic heterocycles. The molecule has 3 N–H and O–H groups in total. The molecule has 0 aromatic carbocycles. The minimum absolute atomic E-state index is 0.255. The molecule has 0 radical (unpaired) electrons. The van der Waals surface area contributed by atoms with Crippen molar-refractivity contribution in [2.24, 2.45) is 0 Å². The summed E-state index contributed by atoms with van der Waals surface area (Å²) in [5, 5.41) is 20.5. The minimum atomic E-state index is -0.741. The fourth-order valence-electron chi connectivity index (χ4n) is 0.461. The Morgan fingerprint density at radius 3 is 2.73 bits per heavy atom. The smallest absolute Gasteiger partial charge is 0.0895 e. The Morgan fingerprint density at radius 1 is 1.64 bits per heavy atom. The molecule has 0 bridgehead atoms. The molecule has 11 heavy (non-hydrogen) atoms. The third-order valence-corrected chi connectivity index (χ3v) is 1.62. The first kappa shape index (κ1) is 11.2. The van der Waals surface area contributed by atoms with Crippen LogP contribution in [0.2, 0.25) is 0 Å². The highest BCUT2D eigenvalue weighted by Crippen LogP contribution is 1.99. The lowest BCUT2D eigenvalue weighted by atomic mass is 10.4. The summed E-state index contributed by atoms with van der Waals surface area (Å²) in [4.78, 5) is 0. The average Bonchev–Trinajstić information content (AvgIpc) is 2.04. The van der Waals surface area contributed by atoms with E-state index in [2.05, 4.69) is 5.32 Å². The Balaban J connectivity index is 3.27. The van der Waals surface area contributed by atoms with E-state index in [0.29, 0.717) is 18.1 Å². The highest BCUT2D eigenvalue weighted by atomic mass is 35.5. The van der Waals surface area contributed by atoms with Gasteiger partial charge in [-0.3, -0.25) is 0 Å². The molecule has 0 aliphatic rings. The van der Waals surface area contributed by atoms with Crippen molar-refractivity contribution in [1.82, 2.24) is 5.32 Å². The van der Waals surface area contributed by atoms with Crippen LogP contribution in [0.3, 0.4) is 0 Å². The lowest BCUT2D eigenvalue weighted by Crippen LogP contribution is -2.30. The molecule has 0 heterocycles. The third-order valence-electron chi connectivity index (χ3n) is 1.00. The number of halogens is 2. The van der Waals surface area contributed by atoms with E-state index in [1.165, 1.54) is 5.54 Å². The fourth-order valence-corrected chi connectivity index (χ4v) is 0.633. The van der Waals surface area contributed by atoms with Crippen LogP contribution in [-0.2, 0) is 0 Å². The Labute approximate surface area is 75.6 Å². The summed E-state index contributed by atoms with van der Waals surface area (Å²) in [6.45, 7) is 0.453. The summed E-state index contributed by atoms with van der Waals surface area (Å²) < 4.78 is 0. The zero-order chi connectivity index (χ0) is 8.69. The Hall–Kier alpha value is 0.200. The molecule has 3 nitrogen and oxygen atoms in total. The van der Waals surface area contributed by atoms with Crippen molar-refractivity contribution in [2.45, 2.75) is 6.10 Å². The van der Waals surface area contributed by atoms with Crippen molar-refractivity contribution in [3.05, 3.63) is 10.6 Å². The minimum Gasteiger partial charge on any atom is -0.394 e. The van der Waals surface area contributed by atoms with Gasteiger partial charge < -0.3 is 15.5 Å². The number of rotatable bonds is 5. The van der Waals surface area contributed by atoms with Crippen molar-refractivity contribution in [1.29, 1.82) is 0 Å². The van der Waals surface area contributed by atoms with Crippen LogP contribution in [0, 0.1) is 0 Å². The van der Waals surface area contributed by atoms with Crippen LogP contribution in [0.15, 0.2) is 10.6 Å². The van der Waals surface area contributed by atoms with Gasteiger partial charge >= 0.3 is 0 Å². The van der Waals surface area contributed by atoms with Gasteiger partial charge in [0.25, 0.3) is 0 Å². The van der Waals surface area contributed by atoms with Crippen LogP contribution in [0.25, 0.3) is 0 Å². The Morgan fingerprint density at radius 2 is 2.27 bits per heavy atom. The maximum absolute atomic E-state index is 8.84. The summed E-state index contributed by atoms with van der Waals surface area (Å²) in [5.41, 5.74) is 1.25. The van der Waals surface area contributed by atoms with E-state index < -0.39 is 6.10 Å². The quantitative estimate of drug-likeness (QED) is 0.596. The van der Waals surface area contributed by atoms with E-state index in [9.17, 15) is 0 Å². The second-order valence-electron chi connectivity index (χ2n) is 2.02. The highest BCUT2D eigenvalue weighted by Gasteiger charge is 1.99. The van der Waals surface area contributed by atoms with Crippen molar-refractivity contribution in [2.75, 3.05) is 19.7 Å². The predicted molar refractivity (Wildman–Crippen MR) is 45.8 cm³/mol. The van der Waals surface area contributed by atoms with E-state index in [1.54, 1.807) is 0 Å². The standard InChI is InChI=1S/C6H11Cl2NO2/c7-1-5(8)2-9-3-6(11)4-10/h1,6,9-11H,2-4H2. The van der Waals surface area contributed by atoms with E-state index in [-0.39, 0.29) is 6.61 Å². The van der Waals surface area contributed by atoms with Crippen molar-refractivity contribution >= 4 is 23.2 Å². The second-order valence-corrected chi connectivity index (χ2v) is 2.73. The fraction of sp³-hybridized carbons (Fsp3) is 0.667. The molecule has 66 valence electrons. The second kappa shape index (κ2) is 6.88. The molecule has 5 heteroatoms. The van der Waals surface area contributed by atoms with E-state index in [1.807, 2.05) is 0 Å². The molecule has 0 saturated carbocycles. The first-order valence-corrected chi connectivity index (χ1v) is 3.96. The maximum Gasteiger partial charge on any atom is 0.0895 e.